The lowest BCUT2D eigenvalue weighted by atomic mass is 10.0. The predicted molar refractivity (Wildman–Crippen MR) is 60.9 cm³/mol. The molecule has 1 fully saturated rings. The summed E-state index contributed by atoms with van der Waals surface area (Å²) in [4.78, 5) is 2.13. The van der Waals surface area contributed by atoms with E-state index in [9.17, 15) is 8.42 Å². The van der Waals surface area contributed by atoms with Crippen molar-refractivity contribution in [3.05, 3.63) is 0 Å². The molecule has 0 saturated carbocycles. The average molecular weight is 230 g/mol. The Bertz CT molecular complexity index is 359. The summed E-state index contributed by atoms with van der Waals surface area (Å²) in [5, 5.41) is 0. The van der Waals surface area contributed by atoms with Gasteiger partial charge in [-0.15, -0.1) is 6.42 Å². The van der Waals surface area contributed by atoms with Crippen molar-refractivity contribution in [3.8, 4) is 12.3 Å². The monoisotopic (exact) mass is 230 g/mol. The van der Waals surface area contributed by atoms with Gasteiger partial charge in [-0.1, -0.05) is 5.92 Å². The third-order valence-corrected chi connectivity index (χ3v) is 4.15. The van der Waals surface area contributed by atoms with Gasteiger partial charge in [0.1, 0.15) is 0 Å². The maximum absolute atomic E-state index is 11.3. The fraction of sp³-hybridized carbons (Fsp3) is 0.800. The summed E-state index contributed by atoms with van der Waals surface area (Å²) in [7, 11) is -3.05. The van der Waals surface area contributed by atoms with E-state index >= 15 is 0 Å². The lowest BCUT2D eigenvalue weighted by Gasteiger charge is -2.40. The van der Waals surface area contributed by atoms with Crippen molar-refractivity contribution in [2.75, 3.05) is 32.4 Å². The molecule has 0 amide bonds. The Labute approximate surface area is 92.3 Å². The number of terminal acetylenes is 1. The van der Waals surface area contributed by atoms with Crippen LogP contribution in [0.15, 0.2) is 0 Å². The van der Waals surface area contributed by atoms with Crippen LogP contribution in [0.5, 0.6) is 0 Å². The molecule has 0 bridgehead atoms. The van der Waals surface area contributed by atoms with Crippen LogP contribution in [0.2, 0.25) is 0 Å². The maximum atomic E-state index is 11.3. The Morgan fingerprint density at radius 3 is 2.00 bits per heavy atom. The molecule has 0 spiro atoms. The van der Waals surface area contributed by atoms with Crippen LogP contribution in [-0.2, 0) is 10.0 Å². The molecule has 0 N–H and O–H groups in total. The molecule has 0 aromatic heterocycles. The number of rotatable bonds is 2. The van der Waals surface area contributed by atoms with Gasteiger partial charge in [0.15, 0.2) is 0 Å². The van der Waals surface area contributed by atoms with Crippen LogP contribution in [0, 0.1) is 12.3 Å². The van der Waals surface area contributed by atoms with Crippen molar-refractivity contribution < 1.29 is 8.42 Å². The Morgan fingerprint density at radius 1 is 1.20 bits per heavy atom. The van der Waals surface area contributed by atoms with Crippen molar-refractivity contribution in [2.24, 2.45) is 0 Å². The predicted octanol–water partition coefficient (Wildman–Crippen LogP) is -0.0246. The van der Waals surface area contributed by atoms with Gasteiger partial charge in [-0.25, -0.2) is 8.42 Å². The first-order chi connectivity index (χ1) is 6.77. The number of sulfonamides is 1. The smallest absolute Gasteiger partial charge is 0.211 e. The molecule has 0 aromatic rings. The Morgan fingerprint density at radius 2 is 1.67 bits per heavy atom. The molecule has 0 radical (unpaired) electrons. The summed E-state index contributed by atoms with van der Waals surface area (Å²) in [5.41, 5.74) is -0.288. The van der Waals surface area contributed by atoms with Gasteiger partial charge in [0.25, 0.3) is 0 Å². The number of piperazine rings is 1. The van der Waals surface area contributed by atoms with E-state index in [0.717, 1.165) is 0 Å². The van der Waals surface area contributed by atoms with Gasteiger partial charge in [0.2, 0.25) is 10.0 Å². The maximum Gasteiger partial charge on any atom is 0.211 e. The molecule has 1 aliphatic heterocycles. The summed E-state index contributed by atoms with van der Waals surface area (Å²) in [5.74, 6) is 2.72. The SMILES string of the molecule is C#CC(C)(C)N1CCN(S(C)(=O)=O)CC1. The normalized spacial score (nSPS) is 21.2. The fourth-order valence-corrected chi connectivity index (χ4v) is 2.50. The van der Waals surface area contributed by atoms with Gasteiger partial charge < -0.3 is 0 Å². The van der Waals surface area contributed by atoms with E-state index in [2.05, 4.69) is 10.8 Å². The summed E-state index contributed by atoms with van der Waals surface area (Å²) in [6.45, 7) is 6.41. The quantitative estimate of drug-likeness (QED) is 0.626. The summed E-state index contributed by atoms with van der Waals surface area (Å²) >= 11 is 0. The van der Waals surface area contributed by atoms with Crippen molar-refractivity contribution in [2.45, 2.75) is 19.4 Å². The van der Waals surface area contributed by atoms with Crippen molar-refractivity contribution >= 4 is 10.0 Å². The molecule has 0 aliphatic carbocycles. The largest absolute Gasteiger partial charge is 0.285 e. The summed E-state index contributed by atoms with van der Waals surface area (Å²) < 4.78 is 24.1. The first-order valence-electron chi connectivity index (χ1n) is 4.95. The number of hydrogen-bond donors (Lipinski definition) is 0. The van der Waals surface area contributed by atoms with E-state index in [1.165, 1.54) is 10.6 Å². The molecule has 1 saturated heterocycles. The van der Waals surface area contributed by atoms with Crippen LogP contribution in [0.3, 0.4) is 0 Å². The number of nitrogens with zero attached hydrogens (tertiary/aromatic N) is 2. The molecular weight excluding hydrogens is 212 g/mol. The van der Waals surface area contributed by atoms with Crippen molar-refractivity contribution in [1.82, 2.24) is 9.21 Å². The Kier molecular flexibility index (Phi) is 3.44. The average Bonchev–Trinajstić information content (AvgIpc) is 2.17. The lowest BCUT2D eigenvalue weighted by Crippen LogP contribution is -2.55. The van der Waals surface area contributed by atoms with Gasteiger partial charge in [0, 0.05) is 26.2 Å². The van der Waals surface area contributed by atoms with Crippen molar-refractivity contribution in [3.63, 3.8) is 0 Å². The zero-order chi connectivity index (χ0) is 11.7. The first-order valence-corrected chi connectivity index (χ1v) is 6.80. The number of hydrogen-bond acceptors (Lipinski definition) is 3. The van der Waals surface area contributed by atoms with E-state index in [4.69, 9.17) is 6.42 Å². The highest BCUT2D eigenvalue weighted by Gasteiger charge is 2.30. The minimum absolute atomic E-state index is 0.288. The summed E-state index contributed by atoms with van der Waals surface area (Å²) in [6, 6.07) is 0. The molecule has 0 atom stereocenters. The lowest BCUT2D eigenvalue weighted by molar-refractivity contribution is 0.117. The molecule has 0 aromatic carbocycles. The fourth-order valence-electron chi connectivity index (χ4n) is 1.67. The molecule has 86 valence electrons. The van der Waals surface area contributed by atoms with Crippen LogP contribution in [0.25, 0.3) is 0 Å². The molecule has 1 rings (SSSR count). The Balaban J connectivity index is 2.62. The topological polar surface area (TPSA) is 40.6 Å². The van der Waals surface area contributed by atoms with E-state index < -0.39 is 10.0 Å². The van der Waals surface area contributed by atoms with Gasteiger partial charge >= 0.3 is 0 Å². The standard InChI is InChI=1S/C10H18N2O2S/c1-5-10(2,3)11-6-8-12(9-7-11)15(4,13)14/h1H,6-9H2,2-4H3. The van der Waals surface area contributed by atoms with Crippen LogP contribution < -0.4 is 0 Å². The third-order valence-electron chi connectivity index (χ3n) is 2.85. The van der Waals surface area contributed by atoms with Gasteiger partial charge in [-0.2, -0.15) is 4.31 Å². The zero-order valence-electron chi connectivity index (χ0n) is 9.52. The highest BCUT2D eigenvalue weighted by atomic mass is 32.2. The van der Waals surface area contributed by atoms with Crippen LogP contribution in [0.4, 0.5) is 0 Å². The van der Waals surface area contributed by atoms with Gasteiger partial charge in [-0.05, 0) is 13.8 Å². The second-order valence-electron chi connectivity index (χ2n) is 4.35. The van der Waals surface area contributed by atoms with E-state index in [-0.39, 0.29) is 5.54 Å². The van der Waals surface area contributed by atoms with Gasteiger partial charge in [-0.3, -0.25) is 4.90 Å². The molecule has 5 heteroatoms. The van der Waals surface area contributed by atoms with Crippen molar-refractivity contribution in [1.29, 1.82) is 0 Å². The van der Waals surface area contributed by atoms with E-state index in [0.29, 0.717) is 26.2 Å². The highest BCUT2D eigenvalue weighted by Crippen LogP contribution is 2.16. The molecule has 1 aliphatic rings. The van der Waals surface area contributed by atoms with Crippen LogP contribution in [0.1, 0.15) is 13.8 Å². The first kappa shape index (κ1) is 12.5. The molecular formula is C10H18N2O2S. The third kappa shape index (κ3) is 2.94. The Hall–Kier alpha value is -0.570. The van der Waals surface area contributed by atoms with Crippen LogP contribution >= 0.6 is 0 Å². The molecule has 0 unspecified atom stereocenters. The summed E-state index contributed by atoms with van der Waals surface area (Å²) in [6.07, 6.45) is 6.68. The molecule has 15 heavy (non-hydrogen) atoms. The minimum atomic E-state index is -3.05. The highest BCUT2D eigenvalue weighted by molar-refractivity contribution is 7.88. The van der Waals surface area contributed by atoms with Crippen LogP contribution in [-0.4, -0.2) is 55.6 Å². The molecule has 1 heterocycles. The van der Waals surface area contributed by atoms with E-state index in [1.54, 1.807) is 0 Å². The second-order valence-corrected chi connectivity index (χ2v) is 6.33. The zero-order valence-corrected chi connectivity index (χ0v) is 10.3. The molecule has 4 nitrogen and oxygen atoms in total. The van der Waals surface area contributed by atoms with Gasteiger partial charge in [0.05, 0.1) is 11.8 Å². The minimum Gasteiger partial charge on any atom is -0.285 e. The van der Waals surface area contributed by atoms with E-state index in [1.807, 2.05) is 13.8 Å². The second kappa shape index (κ2) is 4.12.